The summed E-state index contributed by atoms with van der Waals surface area (Å²) in [5.74, 6) is 0.0452. The van der Waals surface area contributed by atoms with E-state index in [4.69, 9.17) is 9.15 Å². The molecule has 21 heavy (non-hydrogen) atoms. The summed E-state index contributed by atoms with van der Waals surface area (Å²) in [6, 6.07) is 7.68. The van der Waals surface area contributed by atoms with Gasteiger partial charge in [0, 0.05) is 0 Å². The van der Waals surface area contributed by atoms with Crippen molar-refractivity contribution in [1.29, 1.82) is 0 Å². The first-order valence-electron chi connectivity index (χ1n) is 6.30. The first-order chi connectivity index (χ1) is 10.0. The number of phenolic OH excluding ortho intramolecular Hbond substituents is 1. The van der Waals surface area contributed by atoms with Gasteiger partial charge in [-0.25, -0.2) is 4.79 Å². The van der Waals surface area contributed by atoms with Gasteiger partial charge in [-0.05, 0) is 36.8 Å². The Balaban J connectivity index is 2.76. The number of methoxy groups -OCH3 is 1. The number of ether oxygens (including phenoxy) is 1. The lowest BCUT2D eigenvalue weighted by Gasteiger charge is -2.01. The van der Waals surface area contributed by atoms with Gasteiger partial charge in [-0.3, -0.25) is 4.79 Å². The lowest BCUT2D eigenvalue weighted by atomic mass is 10.1. The Morgan fingerprint density at radius 1 is 1.14 bits per heavy atom. The van der Waals surface area contributed by atoms with Crippen LogP contribution in [0.4, 0.5) is 0 Å². The molecule has 5 heteroatoms. The number of rotatable bonds is 1. The third-order valence-corrected chi connectivity index (χ3v) is 3.35. The molecular formula is C16H12O5. The number of hydrogen-bond acceptors (Lipinski definition) is 5. The van der Waals surface area contributed by atoms with Crippen LogP contribution in [0.15, 0.2) is 44.3 Å². The molecule has 0 unspecified atom stereocenters. The van der Waals surface area contributed by atoms with Crippen LogP contribution in [0.3, 0.4) is 0 Å². The first kappa shape index (κ1) is 13.2. The highest BCUT2D eigenvalue weighted by Gasteiger charge is 2.15. The molecule has 0 saturated carbocycles. The molecule has 5 nitrogen and oxygen atoms in total. The highest BCUT2D eigenvalue weighted by Crippen LogP contribution is 2.26. The van der Waals surface area contributed by atoms with Gasteiger partial charge in [-0.2, -0.15) is 0 Å². The molecule has 0 amide bonds. The Kier molecular flexibility index (Phi) is 2.90. The molecular weight excluding hydrogens is 272 g/mol. The van der Waals surface area contributed by atoms with E-state index < -0.39 is 11.1 Å². The quantitative estimate of drug-likeness (QED) is 0.742. The summed E-state index contributed by atoms with van der Waals surface area (Å²) >= 11 is 0. The van der Waals surface area contributed by atoms with Gasteiger partial charge in [0.1, 0.15) is 22.5 Å². The molecule has 0 bridgehead atoms. The molecule has 0 aliphatic heterocycles. The van der Waals surface area contributed by atoms with E-state index in [0.717, 1.165) is 0 Å². The zero-order chi connectivity index (χ0) is 15.1. The number of phenols is 1. The van der Waals surface area contributed by atoms with Crippen molar-refractivity contribution in [1.82, 2.24) is 0 Å². The highest BCUT2D eigenvalue weighted by molar-refractivity contribution is 5.95. The van der Waals surface area contributed by atoms with Crippen molar-refractivity contribution in [2.24, 2.45) is 0 Å². The predicted octanol–water partition coefficient (Wildman–Crippen LogP) is 2.33. The molecule has 0 aliphatic rings. The third kappa shape index (κ3) is 1.94. The molecule has 1 aromatic heterocycles. The van der Waals surface area contributed by atoms with E-state index >= 15 is 0 Å². The molecule has 1 heterocycles. The van der Waals surface area contributed by atoms with E-state index in [1.165, 1.54) is 19.2 Å². The number of aryl methyl sites for hydroxylation is 1. The van der Waals surface area contributed by atoms with Crippen molar-refractivity contribution in [3.05, 3.63) is 56.5 Å². The molecule has 0 atom stereocenters. The van der Waals surface area contributed by atoms with E-state index in [1.54, 1.807) is 25.1 Å². The lowest BCUT2D eigenvalue weighted by molar-refractivity contribution is 0.419. The molecule has 3 rings (SSSR count). The predicted molar refractivity (Wildman–Crippen MR) is 79.2 cm³/mol. The minimum absolute atomic E-state index is 0.0304. The molecule has 0 fully saturated rings. The minimum atomic E-state index is -0.652. The molecule has 0 spiro atoms. The maximum atomic E-state index is 12.7. The standard InChI is InChI=1S/C16H12O5/c1-8-6-10(17)14-12(7-8)21-16(19)9-4-3-5-11(20-2)13(9)15(14)18/h3-7,17H,1-2H3. The van der Waals surface area contributed by atoms with Crippen LogP contribution in [0.2, 0.25) is 0 Å². The van der Waals surface area contributed by atoms with Crippen LogP contribution in [0.1, 0.15) is 5.56 Å². The van der Waals surface area contributed by atoms with Gasteiger partial charge in [0.15, 0.2) is 0 Å². The van der Waals surface area contributed by atoms with E-state index in [0.29, 0.717) is 5.56 Å². The lowest BCUT2D eigenvalue weighted by Crippen LogP contribution is -2.03. The molecule has 1 N–H and O–H groups in total. The molecule has 0 radical (unpaired) electrons. The fourth-order valence-electron chi connectivity index (χ4n) is 2.43. The van der Waals surface area contributed by atoms with Crippen LogP contribution in [0.5, 0.6) is 11.5 Å². The average molecular weight is 284 g/mol. The first-order valence-corrected chi connectivity index (χ1v) is 6.30. The van der Waals surface area contributed by atoms with Crippen molar-refractivity contribution in [3.63, 3.8) is 0 Å². The smallest absolute Gasteiger partial charge is 0.344 e. The Morgan fingerprint density at radius 2 is 1.90 bits per heavy atom. The Hall–Kier alpha value is -2.82. The summed E-state index contributed by atoms with van der Waals surface area (Å²) in [7, 11) is 1.41. The second-order valence-corrected chi connectivity index (χ2v) is 4.76. The van der Waals surface area contributed by atoms with Crippen molar-refractivity contribution >= 4 is 21.7 Å². The molecule has 3 aromatic rings. The van der Waals surface area contributed by atoms with Gasteiger partial charge in [0.25, 0.3) is 0 Å². The van der Waals surface area contributed by atoms with E-state index in [1.807, 2.05) is 0 Å². The second kappa shape index (κ2) is 4.63. The number of fused-ring (bicyclic) bond motifs is 2. The fourth-order valence-corrected chi connectivity index (χ4v) is 2.43. The Bertz CT molecular complexity index is 985. The monoisotopic (exact) mass is 284 g/mol. The number of aromatic hydroxyl groups is 1. The van der Waals surface area contributed by atoms with Crippen molar-refractivity contribution in [3.8, 4) is 11.5 Å². The Labute approximate surface area is 119 Å². The van der Waals surface area contributed by atoms with Gasteiger partial charge < -0.3 is 14.3 Å². The molecule has 0 saturated heterocycles. The van der Waals surface area contributed by atoms with Gasteiger partial charge in [0.2, 0.25) is 5.43 Å². The SMILES string of the molecule is COc1cccc2c(=O)oc3cc(C)cc(O)c3c(=O)c12. The Morgan fingerprint density at radius 3 is 2.62 bits per heavy atom. The topological polar surface area (TPSA) is 76.7 Å². The normalized spacial score (nSPS) is 11.0. The minimum Gasteiger partial charge on any atom is -0.507 e. The molecule has 2 aromatic carbocycles. The summed E-state index contributed by atoms with van der Waals surface area (Å²) in [4.78, 5) is 24.9. The maximum Gasteiger partial charge on any atom is 0.344 e. The zero-order valence-corrected chi connectivity index (χ0v) is 11.5. The second-order valence-electron chi connectivity index (χ2n) is 4.76. The highest BCUT2D eigenvalue weighted by atomic mass is 16.5. The summed E-state index contributed by atoms with van der Waals surface area (Å²) in [6.45, 7) is 1.73. The van der Waals surface area contributed by atoms with Gasteiger partial charge in [0.05, 0.1) is 17.9 Å². The van der Waals surface area contributed by atoms with E-state index in [-0.39, 0.29) is 33.2 Å². The number of hydrogen-bond donors (Lipinski definition) is 1. The zero-order valence-electron chi connectivity index (χ0n) is 11.5. The van der Waals surface area contributed by atoms with Gasteiger partial charge in [-0.1, -0.05) is 6.07 Å². The summed E-state index contributed by atoms with van der Waals surface area (Å²) < 4.78 is 10.4. The molecule has 106 valence electrons. The van der Waals surface area contributed by atoms with Crippen LogP contribution in [0, 0.1) is 6.92 Å². The van der Waals surface area contributed by atoms with Crippen LogP contribution >= 0.6 is 0 Å². The van der Waals surface area contributed by atoms with Crippen LogP contribution < -0.4 is 15.8 Å². The largest absolute Gasteiger partial charge is 0.507 e. The van der Waals surface area contributed by atoms with Crippen molar-refractivity contribution in [2.45, 2.75) is 6.92 Å². The van der Waals surface area contributed by atoms with E-state index in [2.05, 4.69) is 0 Å². The van der Waals surface area contributed by atoms with Crippen molar-refractivity contribution < 1.29 is 14.3 Å². The van der Waals surface area contributed by atoms with Crippen LogP contribution in [-0.2, 0) is 0 Å². The van der Waals surface area contributed by atoms with Crippen LogP contribution in [0.25, 0.3) is 21.7 Å². The van der Waals surface area contributed by atoms with E-state index in [9.17, 15) is 14.7 Å². The molecule has 0 aliphatic carbocycles. The van der Waals surface area contributed by atoms with Gasteiger partial charge in [-0.15, -0.1) is 0 Å². The van der Waals surface area contributed by atoms with Crippen molar-refractivity contribution in [2.75, 3.05) is 7.11 Å². The summed E-state index contributed by atoms with van der Waals surface area (Å²) in [6.07, 6.45) is 0. The summed E-state index contributed by atoms with van der Waals surface area (Å²) in [5, 5.41) is 10.2. The number of benzene rings is 2. The maximum absolute atomic E-state index is 12.7. The van der Waals surface area contributed by atoms with Gasteiger partial charge >= 0.3 is 5.63 Å². The average Bonchev–Trinajstić information content (AvgIpc) is 2.54. The summed E-state index contributed by atoms with van der Waals surface area (Å²) in [5.41, 5.74) is -0.410. The van der Waals surface area contributed by atoms with Crippen LogP contribution in [-0.4, -0.2) is 12.2 Å². The third-order valence-electron chi connectivity index (χ3n) is 3.35. The fraction of sp³-hybridized carbons (Fsp3) is 0.125.